The van der Waals surface area contributed by atoms with Gasteiger partial charge in [-0.05, 0) is 67.0 Å². The lowest BCUT2D eigenvalue weighted by Crippen LogP contribution is -1.99. The van der Waals surface area contributed by atoms with Crippen LogP contribution in [0.2, 0.25) is 0 Å². The molecule has 4 heteroatoms. The molecule has 0 aliphatic rings. The summed E-state index contributed by atoms with van der Waals surface area (Å²) in [7, 11) is 7.46. The molecule has 0 unspecified atom stereocenters. The van der Waals surface area contributed by atoms with Crippen molar-refractivity contribution in [1.29, 1.82) is 0 Å². The Hall–Kier alpha value is 1.17. The van der Waals surface area contributed by atoms with Gasteiger partial charge in [0.05, 0.1) is 0 Å². The van der Waals surface area contributed by atoms with Crippen LogP contribution in [0.1, 0.15) is 0 Å². The van der Waals surface area contributed by atoms with E-state index in [4.69, 9.17) is 0 Å². The molecule has 0 atom stereocenters. The van der Waals surface area contributed by atoms with E-state index < -0.39 is 0 Å². The highest BCUT2D eigenvalue weighted by atomic mass is 32.2. The van der Waals surface area contributed by atoms with Gasteiger partial charge in [-0.2, -0.15) is 11.8 Å². The smallest absolute Gasteiger partial charge is 0.0140 e. The van der Waals surface area contributed by atoms with E-state index in [9.17, 15) is 0 Å². The second kappa shape index (κ2) is 29.2. The molecule has 0 radical (unpaired) electrons. The van der Waals surface area contributed by atoms with Gasteiger partial charge < -0.3 is 4.90 Å². The van der Waals surface area contributed by atoms with Crippen LogP contribution in [-0.4, -0.2) is 71.9 Å². The summed E-state index contributed by atoms with van der Waals surface area (Å²) in [6.07, 6.45) is 4.08. The number of nitrogens with zero attached hydrogens (tertiary/aromatic N) is 1. The van der Waals surface area contributed by atoms with Crippen LogP contribution in [0.15, 0.2) is 0 Å². The maximum Gasteiger partial charge on any atom is -0.0140 e. The molecule has 0 saturated carbocycles. The first-order valence-electron chi connectivity index (χ1n) is 4.50. The minimum Gasteiger partial charge on any atom is -0.312 e. The van der Waals surface area contributed by atoms with Crippen LogP contribution in [-0.2, 0) is 0 Å². The molecule has 0 amide bonds. The molecule has 0 aromatic rings. The standard InChI is InChI=1S/C3H9N.C3H9P.C2H7P.C2H6S/c2*1-4(2)3;2*1-3-2/h2*1-3H3;3H,1-2H3;1-2H3. The zero-order valence-corrected chi connectivity index (χ0v) is 14.5. The van der Waals surface area contributed by atoms with E-state index in [0.717, 1.165) is 8.58 Å². The quantitative estimate of drug-likeness (QED) is 0.613. The van der Waals surface area contributed by atoms with E-state index in [1.165, 1.54) is 0 Å². The van der Waals surface area contributed by atoms with Gasteiger partial charge in [0, 0.05) is 0 Å². The lowest BCUT2D eigenvalue weighted by Gasteiger charge is -1.90. The summed E-state index contributed by atoms with van der Waals surface area (Å²) in [5.74, 6) is 0. The Balaban J connectivity index is -0.0000000482. The summed E-state index contributed by atoms with van der Waals surface area (Å²) in [6, 6.07) is 0. The second-order valence-corrected chi connectivity index (χ2v) is 8.09. The van der Waals surface area contributed by atoms with Crippen molar-refractivity contribution in [3.63, 3.8) is 0 Å². The highest BCUT2D eigenvalue weighted by molar-refractivity contribution is 7.97. The summed E-state index contributed by atoms with van der Waals surface area (Å²) in [6.45, 7) is 11.0. The van der Waals surface area contributed by atoms with Gasteiger partial charge in [-0.15, -0.1) is 16.5 Å². The Morgan fingerprint density at radius 2 is 0.929 bits per heavy atom. The van der Waals surface area contributed by atoms with Crippen LogP contribution in [0.25, 0.3) is 0 Å². The van der Waals surface area contributed by atoms with Crippen molar-refractivity contribution < 1.29 is 0 Å². The van der Waals surface area contributed by atoms with Crippen LogP contribution in [0, 0.1) is 0 Å². The molecule has 0 spiro atoms. The lowest BCUT2D eigenvalue weighted by molar-refractivity contribution is 0.505. The van der Waals surface area contributed by atoms with Crippen molar-refractivity contribution >= 4 is 28.3 Å². The number of thioether (sulfide) groups is 1. The number of hydrogen-bond acceptors (Lipinski definition) is 2. The summed E-state index contributed by atoms with van der Waals surface area (Å²) < 4.78 is 0. The summed E-state index contributed by atoms with van der Waals surface area (Å²) in [4.78, 5) is 2.00. The third kappa shape index (κ3) is 1420. The molecule has 0 bridgehead atoms. The summed E-state index contributed by atoms with van der Waals surface area (Å²) in [5.41, 5.74) is 0. The molecular formula is C10H31NP2S. The predicted molar refractivity (Wildman–Crippen MR) is 83.9 cm³/mol. The van der Waals surface area contributed by atoms with Gasteiger partial charge in [0.2, 0.25) is 0 Å². The highest BCUT2D eigenvalue weighted by Crippen LogP contribution is 2.14. The van der Waals surface area contributed by atoms with E-state index in [1.54, 1.807) is 11.8 Å². The summed E-state index contributed by atoms with van der Waals surface area (Å²) in [5, 5.41) is 0. The first-order chi connectivity index (χ1) is 6.29. The molecule has 0 saturated heterocycles. The predicted octanol–water partition coefficient (Wildman–Crippen LogP) is 3.44. The Morgan fingerprint density at radius 3 is 0.929 bits per heavy atom. The first kappa shape index (κ1) is 24.4. The first-order valence-corrected chi connectivity index (χ1v) is 10.8. The van der Waals surface area contributed by atoms with Gasteiger partial charge in [0.25, 0.3) is 0 Å². The largest absolute Gasteiger partial charge is 0.312 e. The van der Waals surface area contributed by atoms with Crippen molar-refractivity contribution in [3.05, 3.63) is 0 Å². The molecule has 1 nitrogen and oxygen atoms in total. The monoisotopic (exact) mass is 259 g/mol. The molecular weight excluding hydrogens is 228 g/mol. The van der Waals surface area contributed by atoms with Crippen molar-refractivity contribution in [1.82, 2.24) is 4.90 Å². The molecule has 0 aromatic carbocycles. The zero-order chi connectivity index (χ0) is 12.6. The number of hydrogen-bond donors (Lipinski definition) is 0. The van der Waals surface area contributed by atoms with E-state index in [0.29, 0.717) is 7.92 Å². The molecule has 0 aliphatic heterocycles. The van der Waals surface area contributed by atoms with Gasteiger partial charge in [-0.3, -0.25) is 0 Å². The topological polar surface area (TPSA) is 3.24 Å². The zero-order valence-electron chi connectivity index (χ0n) is 11.8. The molecule has 0 aliphatic carbocycles. The van der Waals surface area contributed by atoms with Gasteiger partial charge in [-0.1, -0.05) is 0 Å². The lowest BCUT2D eigenvalue weighted by atomic mass is 11.0. The van der Waals surface area contributed by atoms with Gasteiger partial charge >= 0.3 is 0 Å². The summed E-state index contributed by atoms with van der Waals surface area (Å²) >= 11 is 1.75. The molecule has 14 heavy (non-hydrogen) atoms. The Kier molecular flexibility index (Phi) is 51.0. The SMILES string of the molecule is CN(C)C.CP(C)C.CPC.CSC. The molecule has 0 heterocycles. The van der Waals surface area contributed by atoms with Gasteiger partial charge in [0.1, 0.15) is 0 Å². The highest BCUT2D eigenvalue weighted by Gasteiger charge is 1.65. The van der Waals surface area contributed by atoms with E-state index >= 15 is 0 Å². The minimum absolute atomic E-state index is 0.380. The molecule has 92 valence electrons. The minimum atomic E-state index is 0.380. The van der Waals surface area contributed by atoms with Gasteiger partial charge in [-0.25, -0.2) is 0 Å². The van der Waals surface area contributed by atoms with Crippen molar-refractivity contribution in [2.75, 3.05) is 67.0 Å². The van der Waals surface area contributed by atoms with Crippen LogP contribution in [0.3, 0.4) is 0 Å². The van der Waals surface area contributed by atoms with Crippen LogP contribution < -0.4 is 0 Å². The molecule has 0 N–H and O–H groups in total. The molecule has 0 fully saturated rings. The van der Waals surface area contributed by atoms with Crippen molar-refractivity contribution in [3.8, 4) is 0 Å². The third-order valence-corrected chi connectivity index (χ3v) is 0. The number of rotatable bonds is 0. The normalized spacial score (nSPS) is 7.71. The average Bonchev–Trinajstić information content (AvgIpc) is 1.85. The van der Waals surface area contributed by atoms with Crippen LogP contribution >= 0.6 is 28.3 Å². The van der Waals surface area contributed by atoms with E-state index in [1.807, 2.05) is 38.6 Å². The fourth-order valence-corrected chi connectivity index (χ4v) is 0. The van der Waals surface area contributed by atoms with E-state index in [2.05, 4.69) is 33.3 Å². The Morgan fingerprint density at radius 1 is 0.929 bits per heavy atom. The molecule has 0 rings (SSSR count). The Bertz CT molecular complexity index is 48.6. The molecule has 0 aromatic heterocycles. The maximum absolute atomic E-state index is 2.23. The van der Waals surface area contributed by atoms with Crippen molar-refractivity contribution in [2.45, 2.75) is 0 Å². The second-order valence-electron chi connectivity index (χ2n) is 3.59. The average molecular weight is 259 g/mol. The fourth-order valence-electron chi connectivity index (χ4n) is 0. The van der Waals surface area contributed by atoms with Crippen molar-refractivity contribution in [2.24, 2.45) is 0 Å². The Labute approximate surface area is 100 Å². The third-order valence-electron chi connectivity index (χ3n) is 0. The van der Waals surface area contributed by atoms with Gasteiger partial charge in [0.15, 0.2) is 0 Å². The fraction of sp³-hybridized carbons (Fsp3) is 1.00. The van der Waals surface area contributed by atoms with Crippen LogP contribution in [0.5, 0.6) is 0 Å². The maximum atomic E-state index is 2.23. The van der Waals surface area contributed by atoms with E-state index in [-0.39, 0.29) is 0 Å². The van der Waals surface area contributed by atoms with Crippen LogP contribution in [0.4, 0.5) is 0 Å².